The lowest BCUT2D eigenvalue weighted by Gasteiger charge is -2.06. The van der Waals surface area contributed by atoms with Gasteiger partial charge in [-0.3, -0.25) is 4.79 Å². The number of carbonyl (C=O) groups is 1. The van der Waals surface area contributed by atoms with Crippen LogP contribution < -0.4 is 10.6 Å². The van der Waals surface area contributed by atoms with Crippen molar-refractivity contribution in [2.75, 3.05) is 32.1 Å². The fraction of sp³-hybridized carbons (Fsp3) is 0.700. The molecule has 0 atom stereocenters. The number of rotatable bonds is 7. The first-order chi connectivity index (χ1) is 8.13. The van der Waals surface area contributed by atoms with Crippen LogP contribution in [0, 0.1) is 5.92 Å². The third-order valence-electron chi connectivity index (χ3n) is 1.82. The molecule has 96 valence electrons. The van der Waals surface area contributed by atoms with Gasteiger partial charge in [0.1, 0.15) is 0 Å². The molecule has 1 aromatic heterocycles. The van der Waals surface area contributed by atoms with Gasteiger partial charge < -0.3 is 15.4 Å². The van der Waals surface area contributed by atoms with Gasteiger partial charge in [-0.1, -0.05) is 25.2 Å². The average Bonchev–Trinajstić information content (AvgIpc) is 2.76. The van der Waals surface area contributed by atoms with Crippen LogP contribution in [0.2, 0.25) is 0 Å². The number of amides is 1. The molecular formula is C10H18N4O2S. The van der Waals surface area contributed by atoms with E-state index in [4.69, 9.17) is 4.74 Å². The smallest absolute Gasteiger partial charge is 0.282 e. The van der Waals surface area contributed by atoms with Gasteiger partial charge in [0.15, 0.2) is 0 Å². The summed E-state index contributed by atoms with van der Waals surface area (Å²) in [7, 11) is 1.74. The minimum Gasteiger partial charge on any atom is -0.379 e. The van der Waals surface area contributed by atoms with E-state index in [2.05, 4.69) is 34.7 Å². The lowest BCUT2D eigenvalue weighted by Crippen LogP contribution is -2.27. The Kier molecular flexibility index (Phi) is 5.85. The van der Waals surface area contributed by atoms with E-state index in [-0.39, 0.29) is 5.91 Å². The van der Waals surface area contributed by atoms with Crippen molar-refractivity contribution >= 4 is 22.4 Å². The second-order valence-electron chi connectivity index (χ2n) is 3.89. The summed E-state index contributed by atoms with van der Waals surface area (Å²) in [5, 5.41) is 14.1. The highest BCUT2D eigenvalue weighted by Gasteiger charge is 2.11. The first kappa shape index (κ1) is 13.9. The van der Waals surface area contributed by atoms with Crippen LogP contribution in [0.1, 0.15) is 23.6 Å². The van der Waals surface area contributed by atoms with Crippen molar-refractivity contribution in [3.8, 4) is 0 Å². The second kappa shape index (κ2) is 7.18. The van der Waals surface area contributed by atoms with Crippen molar-refractivity contribution in [2.45, 2.75) is 13.8 Å². The molecule has 1 amide bonds. The van der Waals surface area contributed by atoms with Gasteiger partial charge in [-0.15, -0.1) is 10.2 Å². The number of hydrogen-bond donors (Lipinski definition) is 2. The summed E-state index contributed by atoms with van der Waals surface area (Å²) in [5.41, 5.74) is 0. The lowest BCUT2D eigenvalue weighted by molar-refractivity contribution is 0.0885. The summed E-state index contributed by atoms with van der Waals surface area (Å²) >= 11 is 1.22. The average molecular weight is 258 g/mol. The number of carbonyl (C=O) groups excluding carboxylic acids is 1. The SMILES string of the molecule is CNc1nnc(C(=O)NCCOCC(C)C)s1. The van der Waals surface area contributed by atoms with Crippen molar-refractivity contribution in [1.29, 1.82) is 0 Å². The van der Waals surface area contributed by atoms with Crippen LogP contribution in [0.15, 0.2) is 0 Å². The monoisotopic (exact) mass is 258 g/mol. The summed E-state index contributed by atoms with van der Waals surface area (Å²) in [4.78, 5) is 11.6. The van der Waals surface area contributed by atoms with Crippen molar-refractivity contribution < 1.29 is 9.53 Å². The maximum atomic E-state index is 11.6. The Labute approximate surface area is 105 Å². The van der Waals surface area contributed by atoms with E-state index in [1.54, 1.807) is 7.05 Å². The van der Waals surface area contributed by atoms with Gasteiger partial charge in [-0.25, -0.2) is 0 Å². The zero-order valence-corrected chi connectivity index (χ0v) is 11.1. The van der Waals surface area contributed by atoms with Gasteiger partial charge in [-0.05, 0) is 5.92 Å². The van der Waals surface area contributed by atoms with E-state index >= 15 is 0 Å². The van der Waals surface area contributed by atoms with Gasteiger partial charge in [0.25, 0.3) is 5.91 Å². The highest BCUT2D eigenvalue weighted by molar-refractivity contribution is 7.17. The minimum atomic E-state index is -0.211. The molecule has 1 rings (SSSR count). The molecule has 0 saturated heterocycles. The predicted molar refractivity (Wildman–Crippen MR) is 67.4 cm³/mol. The van der Waals surface area contributed by atoms with Crippen molar-refractivity contribution in [1.82, 2.24) is 15.5 Å². The normalized spacial score (nSPS) is 10.6. The van der Waals surface area contributed by atoms with Crippen LogP contribution in [0.25, 0.3) is 0 Å². The number of nitrogens with zero attached hydrogens (tertiary/aromatic N) is 2. The Morgan fingerprint density at radius 2 is 2.24 bits per heavy atom. The van der Waals surface area contributed by atoms with E-state index in [0.717, 1.165) is 0 Å². The Morgan fingerprint density at radius 1 is 1.47 bits per heavy atom. The van der Waals surface area contributed by atoms with Gasteiger partial charge in [-0.2, -0.15) is 0 Å². The molecule has 0 aliphatic heterocycles. The van der Waals surface area contributed by atoms with Crippen LogP contribution in [0.5, 0.6) is 0 Å². The van der Waals surface area contributed by atoms with Gasteiger partial charge in [0.2, 0.25) is 10.1 Å². The Bertz CT molecular complexity index is 354. The predicted octanol–water partition coefficient (Wildman–Crippen LogP) is 0.982. The highest BCUT2D eigenvalue weighted by atomic mass is 32.1. The van der Waals surface area contributed by atoms with Crippen LogP contribution in [0.4, 0.5) is 5.13 Å². The molecule has 0 saturated carbocycles. The molecule has 0 aliphatic rings. The zero-order chi connectivity index (χ0) is 12.7. The number of hydrogen-bond acceptors (Lipinski definition) is 6. The maximum absolute atomic E-state index is 11.6. The van der Waals surface area contributed by atoms with E-state index < -0.39 is 0 Å². The third kappa shape index (κ3) is 5.10. The summed E-state index contributed by atoms with van der Waals surface area (Å²) < 4.78 is 5.35. The van der Waals surface area contributed by atoms with Crippen LogP contribution in [-0.4, -0.2) is 42.9 Å². The fourth-order valence-corrected chi connectivity index (χ4v) is 1.66. The largest absolute Gasteiger partial charge is 0.379 e. The fourth-order valence-electron chi connectivity index (χ4n) is 1.05. The first-order valence-electron chi connectivity index (χ1n) is 5.50. The minimum absolute atomic E-state index is 0.211. The molecule has 0 aliphatic carbocycles. The molecule has 2 N–H and O–H groups in total. The maximum Gasteiger partial charge on any atom is 0.282 e. The van der Waals surface area contributed by atoms with Crippen LogP contribution in [-0.2, 0) is 4.74 Å². The summed E-state index contributed by atoms with van der Waals surface area (Å²) in [6.07, 6.45) is 0. The lowest BCUT2D eigenvalue weighted by atomic mass is 10.2. The van der Waals surface area contributed by atoms with E-state index in [0.29, 0.717) is 35.8 Å². The van der Waals surface area contributed by atoms with Crippen molar-refractivity contribution in [2.24, 2.45) is 5.92 Å². The molecule has 0 radical (unpaired) electrons. The van der Waals surface area contributed by atoms with Crippen molar-refractivity contribution in [3.63, 3.8) is 0 Å². The molecule has 1 heterocycles. The molecule has 6 nitrogen and oxygen atoms in total. The Hall–Kier alpha value is -1.21. The van der Waals surface area contributed by atoms with E-state index in [1.165, 1.54) is 11.3 Å². The molecule has 0 bridgehead atoms. The summed E-state index contributed by atoms with van der Waals surface area (Å²) in [5.74, 6) is 0.296. The molecule has 17 heavy (non-hydrogen) atoms. The van der Waals surface area contributed by atoms with E-state index in [1.807, 2.05) is 0 Å². The molecule has 7 heteroatoms. The number of ether oxygens (including phenoxy) is 1. The highest BCUT2D eigenvalue weighted by Crippen LogP contribution is 2.13. The van der Waals surface area contributed by atoms with Gasteiger partial charge in [0, 0.05) is 20.2 Å². The standard InChI is InChI=1S/C10H18N4O2S/c1-7(2)6-16-5-4-12-8(15)9-13-14-10(11-3)17-9/h7H,4-6H2,1-3H3,(H,11,14)(H,12,15). The molecule has 0 aromatic carbocycles. The molecule has 0 fully saturated rings. The van der Waals surface area contributed by atoms with E-state index in [9.17, 15) is 4.79 Å². The summed E-state index contributed by atoms with van der Waals surface area (Å²) in [6.45, 7) is 5.87. The molecule has 0 spiro atoms. The van der Waals surface area contributed by atoms with Crippen molar-refractivity contribution in [3.05, 3.63) is 5.01 Å². The second-order valence-corrected chi connectivity index (χ2v) is 4.86. The Balaban J connectivity index is 2.21. The quantitative estimate of drug-likeness (QED) is 0.713. The van der Waals surface area contributed by atoms with Crippen LogP contribution >= 0.6 is 11.3 Å². The molecular weight excluding hydrogens is 240 g/mol. The first-order valence-corrected chi connectivity index (χ1v) is 6.32. The van der Waals surface area contributed by atoms with Gasteiger partial charge in [0.05, 0.1) is 6.61 Å². The van der Waals surface area contributed by atoms with Crippen LogP contribution in [0.3, 0.4) is 0 Å². The third-order valence-corrected chi connectivity index (χ3v) is 2.76. The Morgan fingerprint density at radius 3 is 2.82 bits per heavy atom. The molecule has 0 unspecified atom stereocenters. The number of nitrogens with one attached hydrogen (secondary N) is 2. The topological polar surface area (TPSA) is 76.1 Å². The van der Waals surface area contributed by atoms with Gasteiger partial charge >= 0.3 is 0 Å². The number of aromatic nitrogens is 2. The number of anilines is 1. The summed E-state index contributed by atoms with van der Waals surface area (Å²) in [6, 6.07) is 0. The zero-order valence-electron chi connectivity index (χ0n) is 10.3. The molecule has 1 aromatic rings.